The van der Waals surface area contributed by atoms with Crippen molar-refractivity contribution in [3.8, 4) is 0 Å². The number of likely N-dealkylation sites (tertiary alicyclic amines) is 1. The van der Waals surface area contributed by atoms with Gasteiger partial charge in [-0.3, -0.25) is 9.59 Å². The third kappa shape index (κ3) is 7.95. The second-order valence-corrected chi connectivity index (χ2v) is 10.8. The van der Waals surface area contributed by atoms with Gasteiger partial charge in [0.2, 0.25) is 0 Å². The summed E-state index contributed by atoms with van der Waals surface area (Å²) in [6.07, 6.45) is 4.77. The molecule has 12 heteroatoms. The van der Waals surface area contributed by atoms with E-state index < -0.39 is 0 Å². The van der Waals surface area contributed by atoms with Crippen LogP contribution in [0.2, 0.25) is 5.02 Å². The Hall–Kier alpha value is -3.12. The summed E-state index contributed by atoms with van der Waals surface area (Å²) in [4.78, 5) is 40.8. The number of hydrogen-bond donors (Lipinski definition) is 3. The van der Waals surface area contributed by atoms with Gasteiger partial charge in [-0.15, -0.1) is 0 Å². The number of anilines is 3. The lowest BCUT2D eigenvalue weighted by atomic mass is 9.93. The van der Waals surface area contributed by atoms with Crippen molar-refractivity contribution in [1.82, 2.24) is 19.9 Å². The highest BCUT2D eigenvalue weighted by Gasteiger charge is 2.23. The molecule has 3 aromatic rings. The van der Waals surface area contributed by atoms with E-state index in [-0.39, 0.29) is 18.4 Å². The fourth-order valence-corrected chi connectivity index (χ4v) is 5.56. The maximum Gasteiger partial charge on any atom is 0.305 e. The molecule has 0 radical (unpaired) electrons. The van der Waals surface area contributed by atoms with Crippen molar-refractivity contribution in [1.29, 1.82) is 0 Å². The number of para-hydroxylation sites is 1. The van der Waals surface area contributed by atoms with E-state index in [1.165, 1.54) is 17.5 Å². The first-order chi connectivity index (χ1) is 18.9. The van der Waals surface area contributed by atoms with Gasteiger partial charge in [-0.05, 0) is 64.4 Å². The average molecular weight is 572 g/mol. The van der Waals surface area contributed by atoms with Gasteiger partial charge in [0.15, 0.2) is 5.13 Å². The molecule has 4 rings (SSSR count). The number of nitrogens with two attached hydrogens (primary N) is 1. The molecular formula is C27H34ClN7O3S. The van der Waals surface area contributed by atoms with Crippen LogP contribution in [-0.4, -0.2) is 58.0 Å². The Bertz CT molecular complexity index is 1290. The van der Waals surface area contributed by atoms with Crippen LogP contribution in [0.15, 0.2) is 30.5 Å². The predicted octanol–water partition coefficient (Wildman–Crippen LogP) is 4.87. The summed E-state index contributed by atoms with van der Waals surface area (Å²) < 4.78 is 5.01. The number of rotatable bonds is 11. The molecular weight excluding hydrogens is 538 g/mol. The molecule has 0 unspecified atom stereocenters. The Kier molecular flexibility index (Phi) is 10.2. The standard InChI is InChI=1S/C27H34ClN7O3S/c1-3-38-24(36)8-5-11-35-12-9-18(10-13-35)21-14-23(32-17(2)31-21)33-27-30-16-22(39-27)26(37)34-25-19(15-29)6-4-7-20(25)28/h4,6-7,14,16,18H,3,5,8-13,15,29H2,1-2H3,(H,34,37)(H,30,31,32,33). The normalized spacial score (nSPS) is 14.3. The van der Waals surface area contributed by atoms with Crippen LogP contribution >= 0.6 is 22.9 Å². The first kappa shape index (κ1) is 28.9. The summed E-state index contributed by atoms with van der Waals surface area (Å²) >= 11 is 7.50. The van der Waals surface area contributed by atoms with E-state index in [4.69, 9.17) is 27.1 Å². The van der Waals surface area contributed by atoms with Gasteiger partial charge in [0.25, 0.3) is 5.91 Å². The summed E-state index contributed by atoms with van der Waals surface area (Å²) in [7, 11) is 0. The maximum atomic E-state index is 12.8. The summed E-state index contributed by atoms with van der Waals surface area (Å²) in [5.74, 6) is 1.22. The molecule has 0 aliphatic carbocycles. The van der Waals surface area contributed by atoms with E-state index in [2.05, 4.69) is 25.5 Å². The van der Waals surface area contributed by atoms with Crippen LogP contribution in [0.25, 0.3) is 0 Å². The lowest BCUT2D eigenvalue weighted by Gasteiger charge is -2.31. The van der Waals surface area contributed by atoms with Gasteiger partial charge in [0, 0.05) is 30.6 Å². The van der Waals surface area contributed by atoms with Crippen molar-refractivity contribution < 1.29 is 14.3 Å². The van der Waals surface area contributed by atoms with Crippen LogP contribution in [0, 0.1) is 6.92 Å². The molecule has 39 heavy (non-hydrogen) atoms. The van der Waals surface area contributed by atoms with Crippen LogP contribution in [0.5, 0.6) is 0 Å². The molecule has 0 bridgehead atoms. The number of amides is 1. The zero-order valence-electron chi connectivity index (χ0n) is 22.2. The molecule has 1 amide bonds. The predicted molar refractivity (Wildman–Crippen MR) is 154 cm³/mol. The first-order valence-corrected chi connectivity index (χ1v) is 14.3. The molecule has 2 aromatic heterocycles. The van der Waals surface area contributed by atoms with E-state index in [0.29, 0.717) is 51.3 Å². The smallest absolute Gasteiger partial charge is 0.305 e. The first-order valence-electron chi connectivity index (χ1n) is 13.1. The number of hydrogen-bond acceptors (Lipinski definition) is 10. The second-order valence-electron chi connectivity index (χ2n) is 9.34. The molecule has 1 aliphatic heterocycles. The number of ether oxygens (including phenoxy) is 1. The number of esters is 1. The van der Waals surface area contributed by atoms with Crippen molar-refractivity contribution in [3.63, 3.8) is 0 Å². The minimum Gasteiger partial charge on any atom is -0.466 e. The third-order valence-electron chi connectivity index (χ3n) is 6.55. The number of halogens is 1. The number of thiazole rings is 1. The number of nitrogens with one attached hydrogen (secondary N) is 2. The second kappa shape index (κ2) is 13.8. The van der Waals surface area contributed by atoms with E-state index >= 15 is 0 Å². The van der Waals surface area contributed by atoms with E-state index in [9.17, 15) is 9.59 Å². The summed E-state index contributed by atoms with van der Waals surface area (Å²) in [6.45, 7) is 7.20. The molecule has 10 nitrogen and oxygen atoms in total. The lowest BCUT2D eigenvalue weighted by Crippen LogP contribution is -2.34. The number of carbonyl (C=O) groups is 2. The van der Waals surface area contributed by atoms with E-state index in [1.54, 1.807) is 12.1 Å². The van der Waals surface area contributed by atoms with Crippen molar-refractivity contribution in [2.75, 3.05) is 36.9 Å². The van der Waals surface area contributed by atoms with Crippen molar-refractivity contribution >= 4 is 51.5 Å². The van der Waals surface area contributed by atoms with Crippen LogP contribution in [0.1, 0.15) is 65.3 Å². The number of nitrogens with zero attached hydrogens (tertiary/aromatic N) is 4. The molecule has 0 atom stereocenters. The van der Waals surface area contributed by atoms with Gasteiger partial charge in [-0.2, -0.15) is 0 Å². The highest BCUT2D eigenvalue weighted by atomic mass is 35.5. The summed E-state index contributed by atoms with van der Waals surface area (Å²) in [5.41, 5.74) is 8.05. The number of benzene rings is 1. The molecule has 3 heterocycles. The van der Waals surface area contributed by atoms with Gasteiger partial charge in [-0.1, -0.05) is 35.1 Å². The highest BCUT2D eigenvalue weighted by Crippen LogP contribution is 2.31. The fourth-order valence-electron chi connectivity index (χ4n) is 4.60. The van der Waals surface area contributed by atoms with E-state index in [1.807, 2.05) is 26.0 Å². The molecule has 0 spiro atoms. The summed E-state index contributed by atoms with van der Waals surface area (Å²) in [6, 6.07) is 7.30. The van der Waals surface area contributed by atoms with Gasteiger partial charge < -0.3 is 26.0 Å². The molecule has 4 N–H and O–H groups in total. The van der Waals surface area contributed by atoms with Crippen LogP contribution in [-0.2, 0) is 16.1 Å². The maximum absolute atomic E-state index is 12.8. The van der Waals surface area contributed by atoms with Crippen molar-refractivity contribution in [2.45, 2.75) is 52.0 Å². The molecule has 1 saturated heterocycles. The SMILES string of the molecule is CCOC(=O)CCCN1CCC(c2cc(Nc3ncc(C(=O)Nc4c(Cl)cccc4CN)s3)nc(C)n2)CC1. The number of piperidine rings is 1. The van der Waals surface area contributed by atoms with Crippen LogP contribution < -0.4 is 16.4 Å². The highest BCUT2D eigenvalue weighted by molar-refractivity contribution is 7.17. The molecule has 0 saturated carbocycles. The quantitative estimate of drug-likeness (QED) is 0.275. The van der Waals surface area contributed by atoms with Crippen LogP contribution in [0.4, 0.5) is 16.6 Å². The Morgan fingerprint density at radius 2 is 2.05 bits per heavy atom. The molecule has 1 aromatic carbocycles. The third-order valence-corrected chi connectivity index (χ3v) is 7.77. The van der Waals surface area contributed by atoms with Gasteiger partial charge in [0.05, 0.1) is 23.5 Å². The Morgan fingerprint density at radius 3 is 2.79 bits per heavy atom. The number of aromatic nitrogens is 3. The molecule has 1 aliphatic rings. The van der Waals surface area contributed by atoms with Gasteiger partial charge in [-0.25, -0.2) is 15.0 Å². The Balaban J connectivity index is 1.34. The topological polar surface area (TPSA) is 135 Å². The minimum absolute atomic E-state index is 0.127. The molecule has 208 valence electrons. The van der Waals surface area contributed by atoms with E-state index in [0.717, 1.165) is 50.2 Å². The van der Waals surface area contributed by atoms with Crippen molar-refractivity contribution in [3.05, 3.63) is 57.4 Å². The van der Waals surface area contributed by atoms with Crippen molar-refractivity contribution in [2.24, 2.45) is 5.73 Å². The monoisotopic (exact) mass is 571 g/mol. The average Bonchev–Trinajstić information content (AvgIpc) is 3.38. The summed E-state index contributed by atoms with van der Waals surface area (Å²) in [5, 5.41) is 7.07. The largest absolute Gasteiger partial charge is 0.466 e. The fraction of sp³-hybridized carbons (Fsp3) is 0.444. The van der Waals surface area contributed by atoms with Gasteiger partial charge in [0.1, 0.15) is 16.5 Å². The number of carbonyl (C=O) groups excluding carboxylic acids is 2. The molecule has 1 fully saturated rings. The van der Waals surface area contributed by atoms with Gasteiger partial charge >= 0.3 is 5.97 Å². The number of aryl methyl sites for hydroxylation is 1. The Labute approximate surface area is 237 Å². The lowest BCUT2D eigenvalue weighted by molar-refractivity contribution is -0.143. The zero-order chi connectivity index (χ0) is 27.8. The zero-order valence-corrected chi connectivity index (χ0v) is 23.8. The van der Waals surface area contributed by atoms with Crippen LogP contribution in [0.3, 0.4) is 0 Å². The Morgan fingerprint density at radius 1 is 1.26 bits per heavy atom. The minimum atomic E-state index is -0.308.